The number of piperidine rings is 1. The standard InChI is InChI=1S/C22H28N4O3/c1-14(20(27)26-11-9-22(7-8-22)10-12-26)23-21-25-24-19(29-21)18-13-17(18)15-3-5-16(28-2)6-4-15/h3-6,14,17-18H,7-13H2,1-2H3,(H,23,25)/t14-,17?,18+/m1/s1. The summed E-state index contributed by atoms with van der Waals surface area (Å²) < 4.78 is 11.0. The lowest BCUT2D eigenvalue weighted by Crippen LogP contribution is -2.45. The second-order valence-corrected chi connectivity index (χ2v) is 8.86. The molecule has 1 aromatic heterocycles. The average Bonchev–Trinajstić information content (AvgIpc) is 3.67. The van der Waals surface area contributed by atoms with Gasteiger partial charge < -0.3 is 19.4 Å². The summed E-state index contributed by atoms with van der Waals surface area (Å²) in [6.45, 7) is 3.60. The van der Waals surface area contributed by atoms with Crippen LogP contribution in [0.2, 0.25) is 0 Å². The molecule has 2 heterocycles. The Kier molecular flexibility index (Phi) is 4.48. The molecule has 2 aromatic rings. The van der Waals surface area contributed by atoms with Gasteiger partial charge in [-0.2, -0.15) is 0 Å². The van der Waals surface area contributed by atoms with Crippen LogP contribution >= 0.6 is 0 Å². The lowest BCUT2D eigenvalue weighted by molar-refractivity contribution is -0.133. The SMILES string of the molecule is COc1ccc(C2C[C@@H]2c2nnc(N[C@H](C)C(=O)N3CCC4(CC3)CC4)o2)cc1. The highest BCUT2D eigenvalue weighted by Gasteiger charge is 2.46. The second-order valence-electron chi connectivity index (χ2n) is 8.86. The molecule has 1 aliphatic heterocycles. The number of nitrogens with one attached hydrogen (secondary N) is 1. The Hall–Kier alpha value is -2.57. The number of hydrogen-bond donors (Lipinski definition) is 1. The molecule has 2 aliphatic carbocycles. The molecule has 0 bridgehead atoms. The normalized spacial score (nSPS) is 25.5. The molecular formula is C22H28N4O3. The first-order valence-corrected chi connectivity index (χ1v) is 10.6. The Labute approximate surface area is 170 Å². The molecule has 1 saturated heterocycles. The van der Waals surface area contributed by atoms with Crippen molar-refractivity contribution in [3.8, 4) is 5.75 Å². The van der Waals surface area contributed by atoms with Crippen LogP contribution in [0, 0.1) is 5.41 Å². The van der Waals surface area contributed by atoms with E-state index < -0.39 is 0 Å². The van der Waals surface area contributed by atoms with Crippen LogP contribution in [0.15, 0.2) is 28.7 Å². The zero-order valence-electron chi connectivity index (χ0n) is 17.1. The number of hydrogen-bond acceptors (Lipinski definition) is 6. The third-order valence-corrected chi connectivity index (χ3v) is 6.90. The largest absolute Gasteiger partial charge is 0.497 e. The zero-order valence-corrected chi connectivity index (χ0v) is 17.1. The molecule has 1 amide bonds. The first kappa shape index (κ1) is 18.5. The number of benzene rings is 1. The van der Waals surface area contributed by atoms with E-state index in [0.29, 0.717) is 23.2 Å². The van der Waals surface area contributed by atoms with Gasteiger partial charge in [-0.3, -0.25) is 4.79 Å². The molecule has 0 radical (unpaired) electrons. The summed E-state index contributed by atoms with van der Waals surface area (Å²) in [6, 6.07) is 8.09. The fraction of sp³-hybridized carbons (Fsp3) is 0.591. The predicted molar refractivity (Wildman–Crippen MR) is 108 cm³/mol. The summed E-state index contributed by atoms with van der Waals surface area (Å²) in [5.74, 6) is 2.25. The summed E-state index contributed by atoms with van der Waals surface area (Å²) in [7, 11) is 1.67. The van der Waals surface area contributed by atoms with Crippen LogP contribution in [0.1, 0.15) is 62.3 Å². The number of nitrogens with zero attached hydrogens (tertiary/aromatic N) is 3. The van der Waals surface area contributed by atoms with Gasteiger partial charge in [0.05, 0.1) is 7.11 Å². The van der Waals surface area contributed by atoms with Gasteiger partial charge >= 0.3 is 6.01 Å². The molecule has 3 fully saturated rings. The average molecular weight is 396 g/mol. The quantitative estimate of drug-likeness (QED) is 0.804. The monoisotopic (exact) mass is 396 g/mol. The highest BCUT2D eigenvalue weighted by atomic mass is 16.5. The summed E-state index contributed by atoms with van der Waals surface area (Å²) in [5.41, 5.74) is 1.82. The maximum absolute atomic E-state index is 12.7. The molecule has 7 heteroatoms. The topological polar surface area (TPSA) is 80.5 Å². The third-order valence-electron chi connectivity index (χ3n) is 6.90. The molecule has 1 spiro atoms. The van der Waals surface area contributed by atoms with E-state index in [-0.39, 0.29) is 17.9 Å². The number of aromatic nitrogens is 2. The van der Waals surface area contributed by atoms with Gasteiger partial charge in [0.1, 0.15) is 11.8 Å². The molecule has 7 nitrogen and oxygen atoms in total. The number of carbonyl (C=O) groups excluding carboxylic acids is 1. The van der Waals surface area contributed by atoms with Gasteiger partial charge in [-0.25, -0.2) is 0 Å². The van der Waals surface area contributed by atoms with Gasteiger partial charge in [-0.05, 0) is 68.1 Å². The Morgan fingerprint density at radius 3 is 2.55 bits per heavy atom. The Morgan fingerprint density at radius 2 is 1.90 bits per heavy atom. The van der Waals surface area contributed by atoms with Crippen molar-refractivity contribution >= 4 is 11.9 Å². The third kappa shape index (κ3) is 3.70. The van der Waals surface area contributed by atoms with Gasteiger partial charge in [0.2, 0.25) is 11.8 Å². The molecule has 1 aromatic carbocycles. The van der Waals surface area contributed by atoms with Crippen molar-refractivity contribution in [2.45, 2.75) is 56.9 Å². The molecule has 1 unspecified atom stereocenters. The minimum atomic E-state index is -0.367. The van der Waals surface area contributed by atoms with Gasteiger partial charge in [0, 0.05) is 19.0 Å². The molecule has 29 heavy (non-hydrogen) atoms. The van der Waals surface area contributed by atoms with Crippen LogP contribution < -0.4 is 10.1 Å². The van der Waals surface area contributed by atoms with E-state index >= 15 is 0 Å². The molecule has 5 rings (SSSR count). The first-order chi connectivity index (χ1) is 14.1. The van der Waals surface area contributed by atoms with E-state index in [1.165, 1.54) is 18.4 Å². The Bertz CT molecular complexity index is 880. The van der Waals surface area contributed by atoms with Gasteiger partial charge in [-0.1, -0.05) is 17.2 Å². The maximum atomic E-state index is 12.7. The van der Waals surface area contributed by atoms with Gasteiger partial charge in [-0.15, -0.1) is 5.10 Å². The predicted octanol–water partition coefficient (Wildman–Crippen LogP) is 3.55. The van der Waals surface area contributed by atoms with Crippen LogP contribution in [0.25, 0.3) is 0 Å². The van der Waals surface area contributed by atoms with Crippen LogP contribution in [-0.4, -0.2) is 47.2 Å². The van der Waals surface area contributed by atoms with Crippen LogP contribution in [0.3, 0.4) is 0 Å². The second kappa shape index (κ2) is 7.04. The fourth-order valence-electron chi connectivity index (χ4n) is 4.53. The summed E-state index contributed by atoms with van der Waals surface area (Å²) in [5, 5.41) is 11.4. The first-order valence-electron chi connectivity index (χ1n) is 10.6. The van der Waals surface area contributed by atoms with Crippen molar-refractivity contribution in [3.05, 3.63) is 35.7 Å². The number of anilines is 1. The molecule has 154 valence electrons. The summed E-state index contributed by atoms with van der Waals surface area (Å²) >= 11 is 0. The van der Waals surface area contributed by atoms with E-state index in [9.17, 15) is 4.79 Å². The van der Waals surface area contributed by atoms with E-state index in [2.05, 4.69) is 27.6 Å². The van der Waals surface area contributed by atoms with Crippen molar-refractivity contribution in [3.63, 3.8) is 0 Å². The van der Waals surface area contributed by atoms with Crippen molar-refractivity contribution in [2.24, 2.45) is 5.41 Å². The Morgan fingerprint density at radius 1 is 1.17 bits per heavy atom. The fourth-order valence-corrected chi connectivity index (χ4v) is 4.53. The number of ether oxygens (including phenoxy) is 1. The summed E-state index contributed by atoms with van der Waals surface area (Å²) in [4.78, 5) is 14.7. The zero-order chi connectivity index (χ0) is 20.0. The minimum Gasteiger partial charge on any atom is -0.497 e. The van der Waals surface area contributed by atoms with Crippen LogP contribution in [-0.2, 0) is 4.79 Å². The van der Waals surface area contributed by atoms with E-state index in [1.54, 1.807) is 7.11 Å². The van der Waals surface area contributed by atoms with Crippen molar-refractivity contribution in [1.82, 2.24) is 15.1 Å². The van der Waals surface area contributed by atoms with Crippen LogP contribution in [0.5, 0.6) is 5.75 Å². The molecule has 1 N–H and O–H groups in total. The number of rotatable bonds is 6. The maximum Gasteiger partial charge on any atom is 0.316 e. The minimum absolute atomic E-state index is 0.114. The van der Waals surface area contributed by atoms with Gasteiger partial charge in [0.15, 0.2) is 0 Å². The van der Waals surface area contributed by atoms with Crippen LogP contribution in [0.4, 0.5) is 6.01 Å². The van der Waals surface area contributed by atoms with Crippen molar-refractivity contribution in [1.29, 1.82) is 0 Å². The molecule has 3 aliphatic rings. The van der Waals surface area contributed by atoms with Gasteiger partial charge in [0.25, 0.3) is 0 Å². The highest BCUT2D eigenvalue weighted by molar-refractivity contribution is 5.83. The molecule has 3 atom stereocenters. The smallest absolute Gasteiger partial charge is 0.316 e. The number of likely N-dealkylation sites (tertiary alicyclic amines) is 1. The molecular weight excluding hydrogens is 368 g/mol. The number of carbonyl (C=O) groups is 1. The van der Waals surface area contributed by atoms with Crippen molar-refractivity contribution in [2.75, 3.05) is 25.5 Å². The van der Waals surface area contributed by atoms with E-state index in [4.69, 9.17) is 9.15 Å². The highest BCUT2D eigenvalue weighted by Crippen LogP contribution is 2.55. The van der Waals surface area contributed by atoms with Crippen molar-refractivity contribution < 1.29 is 13.9 Å². The molecule has 2 saturated carbocycles. The Balaban J connectivity index is 1.16. The number of amides is 1. The van der Waals surface area contributed by atoms with E-state index in [0.717, 1.165) is 38.1 Å². The summed E-state index contributed by atoms with van der Waals surface area (Å²) in [6.07, 6.45) is 5.96. The number of methoxy groups -OCH3 is 1. The lowest BCUT2D eigenvalue weighted by atomic mass is 9.93. The van der Waals surface area contributed by atoms with E-state index in [1.807, 2.05) is 24.0 Å². The lowest BCUT2D eigenvalue weighted by Gasteiger charge is -2.33.